The first-order chi connectivity index (χ1) is 13.3. The largest absolute Gasteiger partial charge is 0.457 e. The number of para-hydroxylation sites is 1. The molecule has 0 amide bonds. The topological polar surface area (TPSA) is 27.7 Å². The lowest BCUT2D eigenvalue weighted by atomic mass is 9.88. The molecule has 141 valence electrons. The zero-order valence-electron chi connectivity index (χ0n) is 15.8. The number of ether oxygens (including phenoxy) is 1. The van der Waals surface area contributed by atoms with Crippen LogP contribution in [0.25, 0.3) is 0 Å². The summed E-state index contributed by atoms with van der Waals surface area (Å²) >= 11 is 0. The van der Waals surface area contributed by atoms with Crippen LogP contribution in [-0.4, -0.2) is 61.2 Å². The van der Waals surface area contributed by atoms with Crippen molar-refractivity contribution in [3.63, 3.8) is 0 Å². The van der Waals surface area contributed by atoms with Crippen molar-refractivity contribution < 1.29 is 4.74 Å². The van der Waals surface area contributed by atoms with Crippen molar-refractivity contribution in [2.45, 2.75) is 30.8 Å². The first kappa shape index (κ1) is 17.2. The number of hydrogen-bond donors (Lipinski definition) is 1. The van der Waals surface area contributed by atoms with Gasteiger partial charge in [-0.2, -0.15) is 0 Å². The zero-order valence-corrected chi connectivity index (χ0v) is 15.8. The monoisotopic (exact) mass is 362 g/mol. The second-order valence-electron chi connectivity index (χ2n) is 8.16. The van der Waals surface area contributed by atoms with Crippen LogP contribution in [0.3, 0.4) is 0 Å². The first-order valence-electron chi connectivity index (χ1n) is 10.3. The molecule has 1 radical (unpaired) electrons. The van der Waals surface area contributed by atoms with E-state index in [1.54, 1.807) is 0 Å². The van der Waals surface area contributed by atoms with Crippen LogP contribution in [-0.2, 0) is 0 Å². The van der Waals surface area contributed by atoms with Crippen molar-refractivity contribution in [3.8, 4) is 11.5 Å². The van der Waals surface area contributed by atoms with Gasteiger partial charge < -0.3 is 10.1 Å². The summed E-state index contributed by atoms with van der Waals surface area (Å²) in [6.07, 6.45) is 2.58. The smallest absolute Gasteiger partial charge is 0.135 e. The highest BCUT2D eigenvalue weighted by atomic mass is 16.5. The molecule has 1 atom stereocenters. The Hall–Kier alpha value is -1.88. The molecule has 4 heteroatoms. The van der Waals surface area contributed by atoms with Crippen molar-refractivity contribution in [1.29, 1.82) is 0 Å². The van der Waals surface area contributed by atoms with Crippen LogP contribution >= 0.6 is 0 Å². The highest BCUT2D eigenvalue weighted by Crippen LogP contribution is 2.32. The highest BCUT2D eigenvalue weighted by Gasteiger charge is 2.39. The molecule has 2 aromatic rings. The van der Waals surface area contributed by atoms with Crippen molar-refractivity contribution in [1.82, 2.24) is 15.1 Å². The Kier molecular flexibility index (Phi) is 4.87. The summed E-state index contributed by atoms with van der Waals surface area (Å²) in [4.78, 5) is 5.37. The average Bonchev–Trinajstić information content (AvgIpc) is 2.64. The van der Waals surface area contributed by atoms with Crippen LogP contribution in [0, 0.1) is 6.07 Å². The number of hydrogen-bond acceptors (Lipinski definition) is 4. The molecule has 3 fully saturated rings. The van der Waals surface area contributed by atoms with Gasteiger partial charge in [-0.25, -0.2) is 0 Å². The van der Waals surface area contributed by atoms with E-state index in [1.807, 2.05) is 30.3 Å². The third-order valence-electron chi connectivity index (χ3n) is 6.39. The summed E-state index contributed by atoms with van der Waals surface area (Å²) in [5, 5.41) is 3.38. The quantitative estimate of drug-likeness (QED) is 0.885. The predicted molar refractivity (Wildman–Crippen MR) is 107 cm³/mol. The van der Waals surface area contributed by atoms with E-state index in [0.29, 0.717) is 5.92 Å². The van der Waals surface area contributed by atoms with Gasteiger partial charge in [-0.3, -0.25) is 9.80 Å². The molecule has 3 aliphatic heterocycles. The fourth-order valence-corrected chi connectivity index (χ4v) is 4.51. The van der Waals surface area contributed by atoms with E-state index in [1.165, 1.54) is 57.7 Å². The predicted octanol–water partition coefficient (Wildman–Crippen LogP) is 3.11. The van der Waals surface area contributed by atoms with E-state index in [4.69, 9.17) is 4.74 Å². The Balaban J connectivity index is 1.17. The number of nitrogens with zero attached hydrogens (tertiary/aromatic N) is 2. The maximum atomic E-state index is 5.88. The Bertz CT molecular complexity index is 738. The molecule has 5 rings (SSSR count). The number of benzene rings is 2. The standard InChI is InChI=1S/C23H28N3O/c1-2-6-22(7-3-1)27-23-10-8-18(9-11-23)19-5-4-12-25(15-19)21-16-26(17-21)20-13-24-14-20/h1-3,6-10,19-21,24H,4-5,12-17H2/t19-/m0/s1. The summed E-state index contributed by atoms with van der Waals surface area (Å²) in [5.74, 6) is 2.28. The van der Waals surface area contributed by atoms with E-state index in [-0.39, 0.29) is 0 Å². The number of rotatable bonds is 5. The molecule has 0 unspecified atom stereocenters. The van der Waals surface area contributed by atoms with Gasteiger partial charge in [0.15, 0.2) is 0 Å². The van der Waals surface area contributed by atoms with E-state index in [2.05, 4.69) is 39.4 Å². The molecule has 27 heavy (non-hydrogen) atoms. The van der Waals surface area contributed by atoms with Crippen molar-refractivity contribution in [2.24, 2.45) is 0 Å². The molecule has 0 bridgehead atoms. The fraction of sp³-hybridized carbons (Fsp3) is 0.478. The Labute approximate surface area is 162 Å². The Morgan fingerprint density at radius 1 is 0.926 bits per heavy atom. The van der Waals surface area contributed by atoms with Crippen molar-refractivity contribution >= 4 is 0 Å². The van der Waals surface area contributed by atoms with Gasteiger partial charge in [0.05, 0.1) is 0 Å². The molecule has 0 aromatic heterocycles. The third-order valence-corrected chi connectivity index (χ3v) is 6.39. The zero-order chi connectivity index (χ0) is 18.1. The van der Waals surface area contributed by atoms with Gasteiger partial charge in [0, 0.05) is 50.9 Å². The molecule has 2 aromatic carbocycles. The van der Waals surface area contributed by atoms with E-state index >= 15 is 0 Å². The maximum absolute atomic E-state index is 5.88. The lowest BCUT2D eigenvalue weighted by molar-refractivity contribution is -0.0198. The third kappa shape index (κ3) is 3.75. The SMILES string of the molecule is [c]1cc([C@H]2CCCN(C3CN(C4CNC4)C3)C2)ccc1Oc1ccccc1. The molecule has 3 aliphatic rings. The molecule has 0 spiro atoms. The van der Waals surface area contributed by atoms with Crippen molar-refractivity contribution in [2.75, 3.05) is 39.3 Å². The van der Waals surface area contributed by atoms with E-state index in [9.17, 15) is 0 Å². The number of piperidine rings is 1. The lowest BCUT2D eigenvalue weighted by Gasteiger charge is -2.53. The second-order valence-corrected chi connectivity index (χ2v) is 8.16. The van der Waals surface area contributed by atoms with Gasteiger partial charge in [0.25, 0.3) is 0 Å². The van der Waals surface area contributed by atoms with Crippen LogP contribution in [0.4, 0.5) is 0 Å². The number of likely N-dealkylation sites (tertiary alicyclic amines) is 2. The molecule has 1 N–H and O–H groups in total. The summed E-state index contributed by atoms with van der Waals surface area (Å²) in [7, 11) is 0. The number of nitrogens with one attached hydrogen (secondary N) is 1. The lowest BCUT2D eigenvalue weighted by Crippen LogP contribution is -2.69. The van der Waals surface area contributed by atoms with Crippen molar-refractivity contribution in [3.05, 3.63) is 60.2 Å². The molecular formula is C23H28N3O. The summed E-state index contributed by atoms with van der Waals surface area (Å²) < 4.78 is 5.88. The Morgan fingerprint density at radius 2 is 1.78 bits per heavy atom. The fourth-order valence-electron chi connectivity index (χ4n) is 4.51. The van der Waals surface area contributed by atoms with Gasteiger partial charge in [-0.05, 0) is 55.1 Å². The van der Waals surface area contributed by atoms with Gasteiger partial charge in [0.2, 0.25) is 0 Å². The summed E-state index contributed by atoms with van der Waals surface area (Å²) in [6, 6.07) is 21.3. The minimum atomic E-state index is 0.625. The van der Waals surface area contributed by atoms with Crippen LogP contribution < -0.4 is 10.1 Å². The molecule has 0 saturated carbocycles. The molecule has 0 aliphatic carbocycles. The van der Waals surface area contributed by atoms with Gasteiger partial charge in [-0.15, -0.1) is 0 Å². The molecule has 3 saturated heterocycles. The molecular weight excluding hydrogens is 334 g/mol. The van der Waals surface area contributed by atoms with Crippen LogP contribution in [0.1, 0.15) is 24.3 Å². The summed E-state index contributed by atoms with van der Waals surface area (Å²) in [5.41, 5.74) is 1.40. The summed E-state index contributed by atoms with van der Waals surface area (Å²) in [6.45, 7) is 7.33. The Morgan fingerprint density at radius 3 is 2.48 bits per heavy atom. The van der Waals surface area contributed by atoms with Crippen LogP contribution in [0.5, 0.6) is 11.5 Å². The average molecular weight is 362 g/mol. The van der Waals surface area contributed by atoms with Gasteiger partial charge in [-0.1, -0.05) is 24.3 Å². The molecule has 4 nitrogen and oxygen atoms in total. The molecule has 3 heterocycles. The first-order valence-corrected chi connectivity index (χ1v) is 10.3. The maximum Gasteiger partial charge on any atom is 0.135 e. The van der Waals surface area contributed by atoms with E-state index < -0.39 is 0 Å². The van der Waals surface area contributed by atoms with Crippen LogP contribution in [0.15, 0.2) is 48.5 Å². The highest BCUT2D eigenvalue weighted by molar-refractivity contribution is 5.33. The normalized spacial score (nSPS) is 25.0. The van der Waals surface area contributed by atoms with Gasteiger partial charge >= 0.3 is 0 Å². The second kappa shape index (κ2) is 7.63. The minimum Gasteiger partial charge on any atom is -0.457 e. The van der Waals surface area contributed by atoms with Crippen LogP contribution in [0.2, 0.25) is 0 Å². The minimum absolute atomic E-state index is 0.625. The van der Waals surface area contributed by atoms with E-state index in [0.717, 1.165) is 23.6 Å². The van der Waals surface area contributed by atoms with Gasteiger partial charge in [0.1, 0.15) is 11.5 Å².